The Hall–Kier alpha value is -0.620. The highest BCUT2D eigenvalue weighted by Crippen LogP contribution is 2.45. The number of hydrogen-bond donors (Lipinski definition) is 1. The predicted molar refractivity (Wildman–Crippen MR) is 65.6 cm³/mol. The van der Waals surface area contributed by atoms with Gasteiger partial charge in [0.05, 0.1) is 9.88 Å². The van der Waals surface area contributed by atoms with Crippen molar-refractivity contribution >= 4 is 11.3 Å². The van der Waals surface area contributed by atoms with E-state index in [1.807, 2.05) is 13.8 Å². The Morgan fingerprint density at radius 2 is 2.06 bits per heavy atom. The average molecular weight is 278 g/mol. The molecule has 1 fully saturated rings. The van der Waals surface area contributed by atoms with Crippen LogP contribution < -0.4 is 5.32 Å². The molecule has 0 aromatic carbocycles. The van der Waals surface area contributed by atoms with Crippen molar-refractivity contribution in [2.45, 2.75) is 45.3 Å². The highest BCUT2D eigenvalue weighted by Gasteiger charge is 2.39. The SMILES string of the molecule is CC(C)CNCc1sc(C2CC2)nc1C(F)(F)F. The van der Waals surface area contributed by atoms with Crippen LogP contribution in [0.5, 0.6) is 0 Å². The maximum Gasteiger partial charge on any atom is 0.434 e. The molecule has 1 aliphatic rings. The van der Waals surface area contributed by atoms with Crippen LogP contribution in [0.15, 0.2) is 0 Å². The van der Waals surface area contributed by atoms with Crippen molar-refractivity contribution in [3.05, 3.63) is 15.6 Å². The number of thiazole rings is 1. The monoisotopic (exact) mass is 278 g/mol. The molecule has 0 aliphatic heterocycles. The van der Waals surface area contributed by atoms with Crippen LogP contribution >= 0.6 is 11.3 Å². The first-order chi connectivity index (χ1) is 8.38. The maximum absolute atomic E-state index is 12.8. The van der Waals surface area contributed by atoms with Gasteiger partial charge < -0.3 is 5.32 Å². The third kappa shape index (κ3) is 3.45. The molecule has 0 radical (unpaired) electrons. The summed E-state index contributed by atoms with van der Waals surface area (Å²) in [6.45, 7) is 5.03. The lowest BCUT2D eigenvalue weighted by Gasteiger charge is -2.08. The molecule has 2 nitrogen and oxygen atoms in total. The number of nitrogens with zero attached hydrogens (tertiary/aromatic N) is 1. The van der Waals surface area contributed by atoms with E-state index in [0.29, 0.717) is 22.3 Å². The van der Waals surface area contributed by atoms with Gasteiger partial charge in [0, 0.05) is 12.5 Å². The zero-order chi connectivity index (χ0) is 13.3. The summed E-state index contributed by atoms with van der Waals surface area (Å²) in [5.41, 5.74) is -0.689. The van der Waals surface area contributed by atoms with Gasteiger partial charge in [-0.2, -0.15) is 13.2 Å². The molecule has 2 rings (SSSR count). The molecular weight excluding hydrogens is 261 g/mol. The van der Waals surface area contributed by atoms with Crippen LogP contribution in [0, 0.1) is 5.92 Å². The van der Waals surface area contributed by atoms with Gasteiger partial charge in [0.25, 0.3) is 0 Å². The Kier molecular flexibility index (Phi) is 3.96. The lowest BCUT2D eigenvalue weighted by molar-refractivity contribution is -0.141. The van der Waals surface area contributed by atoms with E-state index in [4.69, 9.17) is 0 Å². The number of rotatable bonds is 5. The fourth-order valence-corrected chi connectivity index (χ4v) is 2.91. The summed E-state index contributed by atoms with van der Waals surface area (Å²) in [6, 6.07) is 0. The van der Waals surface area contributed by atoms with Crippen LogP contribution in [0.4, 0.5) is 13.2 Å². The number of nitrogens with one attached hydrogen (secondary N) is 1. The van der Waals surface area contributed by atoms with E-state index in [1.165, 1.54) is 11.3 Å². The van der Waals surface area contributed by atoms with Gasteiger partial charge in [-0.1, -0.05) is 13.8 Å². The van der Waals surface area contributed by atoms with Crippen LogP contribution in [0.3, 0.4) is 0 Å². The summed E-state index contributed by atoms with van der Waals surface area (Å²) in [7, 11) is 0. The van der Waals surface area contributed by atoms with Crippen molar-refractivity contribution in [3.8, 4) is 0 Å². The van der Waals surface area contributed by atoms with E-state index in [0.717, 1.165) is 12.8 Å². The van der Waals surface area contributed by atoms with Gasteiger partial charge >= 0.3 is 6.18 Å². The molecule has 1 aromatic heterocycles. The van der Waals surface area contributed by atoms with Crippen molar-refractivity contribution in [3.63, 3.8) is 0 Å². The maximum atomic E-state index is 12.8. The van der Waals surface area contributed by atoms with Crippen LogP contribution in [-0.2, 0) is 12.7 Å². The standard InChI is InChI=1S/C12H17F3N2S/c1-7(2)5-16-6-9-10(12(13,14)15)17-11(18-9)8-3-4-8/h7-8,16H,3-6H2,1-2H3. The summed E-state index contributed by atoms with van der Waals surface area (Å²) >= 11 is 1.22. The van der Waals surface area contributed by atoms with Gasteiger partial charge in [0.15, 0.2) is 5.69 Å². The fourth-order valence-electron chi connectivity index (χ4n) is 1.69. The number of alkyl halides is 3. The molecule has 0 bridgehead atoms. The Bertz CT molecular complexity index is 408. The van der Waals surface area contributed by atoms with Crippen LogP contribution in [-0.4, -0.2) is 11.5 Å². The van der Waals surface area contributed by atoms with Gasteiger partial charge in [0.2, 0.25) is 0 Å². The van der Waals surface area contributed by atoms with E-state index in [2.05, 4.69) is 10.3 Å². The highest BCUT2D eigenvalue weighted by atomic mass is 32.1. The molecule has 0 spiro atoms. The highest BCUT2D eigenvalue weighted by molar-refractivity contribution is 7.11. The van der Waals surface area contributed by atoms with Gasteiger partial charge in [-0.3, -0.25) is 0 Å². The molecule has 0 amide bonds. The molecule has 1 aromatic rings. The van der Waals surface area contributed by atoms with E-state index in [1.54, 1.807) is 0 Å². The van der Waals surface area contributed by atoms with Crippen molar-refractivity contribution in [2.24, 2.45) is 5.92 Å². The summed E-state index contributed by atoms with van der Waals surface area (Å²) < 4.78 is 38.5. The molecule has 0 unspecified atom stereocenters. The first-order valence-electron chi connectivity index (χ1n) is 6.15. The zero-order valence-corrected chi connectivity index (χ0v) is 11.3. The minimum absolute atomic E-state index is 0.261. The lowest BCUT2D eigenvalue weighted by Crippen LogP contribution is -2.20. The molecule has 1 heterocycles. The molecule has 1 aliphatic carbocycles. The molecule has 0 saturated heterocycles. The normalized spacial score (nSPS) is 16.6. The first-order valence-corrected chi connectivity index (χ1v) is 6.97. The van der Waals surface area contributed by atoms with E-state index in [-0.39, 0.29) is 12.5 Å². The van der Waals surface area contributed by atoms with E-state index < -0.39 is 11.9 Å². The van der Waals surface area contributed by atoms with E-state index in [9.17, 15) is 13.2 Å². The largest absolute Gasteiger partial charge is 0.434 e. The van der Waals surface area contributed by atoms with Crippen molar-refractivity contribution < 1.29 is 13.2 Å². The smallest absolute Gasteiger partial charge is 0.312 e. The molecule has 6 heteroatoms. The summed E-state index contributed by atoms with van der Waals surface area (Å²) in [5.74, 6) is 0.699. The Morgan fingerprint density at radius 3 is 2.56 bits per heavy atom. The Labute approximate surface area is 109 Å². The fraction of sp³-hybridized carbons (Fsp3) is 0.750. The predicted octanol–water partition coefficient (Wildman–Crippen LogP) is 3.78. The zero-order valence-electron chi connectivity index (χ0n) is 10.5. The quantitative estimate of drug-likeness (QED) is 0.886. The summed E-state index contributed by atoms with van der Waals surface area (Å²) in [4.78, 5) is 4.12. The lowest BCUT2D eigenvalue weighted by atomic mass is 10.2. The molecule has 18 heavy (non-hydrogen) atoms. The molecular formula is C12H17F3N2S. The first kappa shape index (κ1) is 13.8. The third-order valence-electron chi connectivity index (χ3n) is 2.75. The van der Waals surface area contributed by atoms with Gasteiger partial charge in [0.1, 0.15) is 0 Å². The summed E-state index contributed by atoms with van der Waals surface area (Å²) in [5, 5.41) is 3.71. The third-order valence-corrected chi connectivity index (χ3v) is 3.96. The van der Waals surface area contributed by atoms with Gasteiger partial charge in [-0.05, 0) is 25.3 Å². The molecule has 102 valence electrons. The minimum Gasteiger partial charge on any atom is -0.312 e. The molecule has 0 atom stereocenters. The van der Waals surface area contributed by atoms with Crippen LogP contribution in [0.25, 0.3) is 0 Å². The minimum atomic E-state index is -4.33. The van der Waals surface area contributed by atoms with E-state index >= 15 is 0 Å². The van der Waals surface area contributed by atoms with Crippen LogP contribution in [0.2, 0.25) is 0 Å². The summed E-state index contributed by atoms with van der Waals surface area (Å²) in [6.07, 6.45) is -2.38. The van der Waals surface area contributed by atoms with Gasteiger partial charge in [-0.15, -0.1) is 11.3 Å². The second kappa shape index (κ2) is 5.17. The Morgan fingerprint density at radius 1 is 1.39 bits per heavy atom. The molecule has 1 N–H and O–H groups in total. The number of hydrogen-bond acceptors (Lipinski definition) is 3. The molecule has 1 saturated carbocycles. The topological polar surface area (TPSA) is 24.9 Å². The van der Waals surface area contributed by atoms with Crippen molar-refractivity contribution in [1.29, 1.82) is 0 Å². The second-order valence-electron chi connectivity index (χ2n) is 5.12. The Balaban J connectivity index is 2.10. The van der Waals surface area contributed by atoms with Crippen LogP contribution in [0.1, 0.15) is 48.2 Å². The van der Waals surface area contributed by atoms with Crippen molar-refractivity contribution in [2.75, 3.05) is 6.54 Å². The average Bonchev–Trinajstić information content (AvgIpc) is 2.98. The second-order valence-corrected chi connectivity index (χ2v) is 6.24. The van der Waals surface area contributed by atoms with Crippen molar-refractivity contribution in [1.82, 2.24) is 10.3 Å². The number of halogens is 3. The van der Waals surface area contributed by atoms with Gasteiger partial charge in [-0.25, -0.2) is 4.98 Å². The number of aromatic nitrogens is 1.